The second kappa shape index (κ2) is 7.92. The summed E-state index contributed by atoms with van der Waals surface area (Å²) in [5.74, 6) is -3.18. The number of aryl methyl sites for hydroxylation is 1. The Hall–Kier alpha value is -3.39. The predicted molar refractivity (Wildman–Crippen MR) is 95.7 cm³/mol. The molecule has 3 rings (SSSR count). The molecule has 0 spiro atoms. The van der Waals surface area contributed by atoms with Crippen LogP contribution in [0.15, 0.2) is 41.3 Å². The van der Waals surface area contributed by atoms with Gasteiger partial charge in [0.25, 0.3) is 22.3 Å². The highest BCUT2D eigenvalue weighted by Gasteiger charge is 2.20. The molecule has 0 bridgehead atoms. The number of carbonyl (C=O) groups is 2. The summed E-state index contributed by atoms with van der Waals surface area (Å²) >= 11 is 0.736. The molecule has 0 fully saturated rings. The Balaban J connectivity index is 1.75. The standard InChI is InChI=1S/C15H13FN6O5S2/c1-21-8-22(6-18-21)5-12(23)19-11-3-2-9(4-10(11)16)29(26,27)20-14-13(15(24)25)17-7-28-14/h2-4,6-8,20H,5H2,1H3,(H-,19,23,24,25). The number of nitrogens with one attached hydrogen (secondary N) is 2. The lowest BCUT2D eigenvalue weighted by Gasteiger charge is -2.10. The van der Waals surface area contributed by atoms with Crippen molar-refractivity contribution in [2.24, 2.45) is 7.05 Å². The van der Waals surface area contributed by atoms with E-state index in [1.54, 1.807) is 13.4 Å². The van der Waals surface area contributed by atoms with Gasteiger partial charge in [0.05, 0.1) is 29.1 Å². The number of hydrogen-bond acceptors (Lipinski definition) is 8. The van der Waals surface area contributed by atoms with Gasteiger partial charge in [0.1, 0.15) is 23.1 Å². The average Bonchev–Trinajstić information content (AvgIpc) is 3.25. The van der Waals surface area contributed by atoms with Crippen LogP contribution in [0, 0.1) is 5.82 Å². The van der Waals surface area contributed by atoms with Crippen LogP contribution in [0.3, 0.4) is 0 Å². The van der Waals surface area contributed by atoms with Crippen LogP contribution < -0.4 is 19.7 Å². The fourth-order valence-electron chi connectivity index (χ4n) is 2.27. The van der Waals surface area contributed by atoms with Crippen LogP contribution in [-0.4, -0.2) is 35.1 Å². The molecular weight excluding hydrogens is 427 g/mol. The molecule has 3 aromatic rings. The molecule has 2 heterocycles. The molecule has 0 unspecified atom stereocenters. The van der Waals surface area contributed by atoms with Crippen molar-refractivity contribution in [3.8, 4) is 0 Å². The molecule has 0 saturated heterocycles. The van der Waals surface area contributed by atoms with Gasteiger partial charge in [-0.05, 0) is 18.2 Å². The van der Waals surface area contributed by atoms with E-state index >= 15 is 0 Å². The summed E-state index contributed by atoms with van der Waals surface area (Å²) in [5, 5.41) is 16.9. The molecule has 0 aliphatic heterocycles. The number of rotatable bonds is 7. The van der Waals surface area contributed by atoms with E-state index in [0.717, 1.165) is 29.0 Å². The topological polar surface area (TPSA) is 150 Å². The van der Waals surface area contributed by atoms with Gasteiger partial charge in [-0.15, -0.1) is 16.0 Å². The van der Waals surface area contributed by atoms with Crippen LogP contribution in [0.1, 0.15) is 10.5 Å². The lowest BCUT2D eigenvalue weighted by molar-refractivity contribution is -0.684. The first kappa shape index (κ1) is 20.3. The fraction of sp³-hybridized carbons (Fsp3) is 0.133. The number of carbonyl (C=O) groups excluding carboxylic acids is 2. The number of carboxylic acids is 1. The maximum Gasteiger partial charge on any atom is 0.265 e. The molecule has 2 aromatic heterocycles. The minimum atomic E-state index is -4.29. The first-order chi connectivity index (χ1) is 13.7. The van der Waals surface area contributed by atoms with E-state index in [0.29, 0.717) is 6.07 Å². The van der Waals surface area contributed by atoms with E-state index in [1.807, 2.05) is 4.72 Å². The highest BCUT2D eigenvalue weighted by molar-refractivity contribution is 7.93. The molecule has 1 aromatic carbocycles. The maximum atomic E-state index is 14.3. The molecule has 0 aliphatic rings. The highest BCUT2D eigenvalue weighted by Crippen LogP contribution is 2.25. The van der Waals surface area contributed by atoms with E-state index in [4.69, 9.17) is 0 Å². The van der Waals surface area contributed by atoms with Crippen molar-refractivity contribution in [1.82, 2.24) is 14.8 Å². The summed E-state index contributed by atoms with van der Waals surface area (Å²) in [6, 6.07) is 2.86. The van der Waals surface area contributed by atoms with Crippen LogP contribution in [0.5, 0.6) is 0 Å². The second-order valence-electron chi connectivity index (χ2n) is 5.71. The Kier molecular flexibility index (Phi) is 5.56. The molecule has 29 heavy (non-hydrogen) atoms. The molecule has 14 heteroatoms. The van der Waals surface area contributed by atoms with E-state index in [2.05, 4.69) is 15.4 Å². The van der Waals surface area contributed by atoms with Crippen molar-refractivity contribution in [2.45, 2.75) is 11.4 Å². The molecule has 0 radical (unpaired) electrons. The number of amides is 1. The van der Waals surface area contributed by atoms with Gasteiger partial charge in [-0.2, -0.15) is 0 Å². The lowest BCUT2D eigenvalue weighted by Crippen LogP contribution is -2.38. The molecule has 11 nitrogen and oxygen atoms in total. The lowest BCUT2D eigenvalue weighted by atomic mass is 10.3. The second-order valence-corrected chi connectivity index (χ2v) is 8.24. The van der Waals surface area contributed by atoms with Crippen molar-refractivity contribution in [2.75, 3.05) is 10.0 Å². The first-order valence-electron chi connectivity index (χ1n) is 7.80. The number of aromatic carboxylic acids is 1. The van der Waals surface area contributed by atoms with E-state index in [-0.39, 0.29) is 17.2 Å². The smallest absolute Gasteiger partial charge is 0.265 e. The van der Waals surface area contributed by atoms with Gasteiger partial charge in [0, 0.05) is 5.10 Å². The number of hydrogen-bond donors (Lipinski definition) is 2. The van der Waals surface area contributed by atoms with Gasteiger partial charge >= 0.3 is 0 Å². The minimum Gasteiger partial charge on any atom is -0.543 e. The number of halogens is 1. The van der Waals surface area contributed by atoms with Gasteiger partial charge in [-0.3, -0.25) is 9.52 Å². The quantitative estimate of drug-likeness (QED) is 0.452. The van der Waals surface area contributed by atoms with Crippen molar-refractivity contribution in [3.05, 3.63) is 47.9 Å². The van der Waals surface area contributed by atoms with Crippen LogP contribution >= 0.6 is 11.3 Å². The van der Waals surface area contributed by atoms with E-state index in [9.17, 15) is 27.5 Å². The molecule has 0 saturated carbocycles. The van der Waals surface area contributed by atoms with Gasteiger partial charge in [-0.25, -0.2) is 22.4 Å². The summed E-state index contributed by atoms with van der Waals surface area (Å²) in [5.41, 5.74) is 0.338. The van der Waals surface area contributed by atoms with Crippen LogP contribution in [0.25, 0.3) is 0 Å². The molecule has 1 amide bonds. The molecule has 152 valence electrons. The number of benzene rings is 1. The van der Waals surface area contributed by atoms with Gasteiger partial charge in [-0.1, -0.05) is 0 Å². The summed E-state index contributed by atoms with van der Waals surface area (Å²) in [6.45, 7) is -0.119. The third kappa shape index (κ3) is 4.72. The van der Waals surface area contributed by atoms with Crippen LogP contribution in [-0.2, 0) is 28.4 Å². The van der Waals surface area contributed by atoms with Crippen molar-refractivity contribution < 1.29 is 32.1 Å². The normalized spacial score (nSPS) is 11.2. The van der Waals surface area contributed by atoms with Crippen molar-refractivity contribution in [1.29, 1.82) is 0 Å². The number of nitrogens with zero attached hydrogens (tertiary/aromatic N) is 4. The number of anilines is 2. The Morgan fingerprint density at radius 1 is 1.38 bits per heavy atom. The molecule has 0 aliphatic carbocycles. The van der Waals surface area contributed by atoms with E-state index in [1.165, 1.54) is 15.6 Å². The molecule has 2 N–H and O–H groups in total. The number of thiazole rings is 1. The summed E-state index contributed by atoms with van der Waals surface area (Å²) in [7, 11) is -2.62. The zero-order valence-electron chi connectivity index (χ0n) is 14.7. The third-order valence-corrected chi connectivity index (χ3v) is 5.76. The summed E-state index contributed by atoms with van der Waals surface area (Å²) < 4.78 is 44.1. The Bertz CT molecular complexity index is 1190. The van der Waals surface area contributed by atoms with Crippen LogP contribution in [0.4, 0.5) is 15.1 Å². The Morgan fingerprint density at radius 2 is 2.14 bits per heavy atom. The zero-order chi connectivity index (χ0) is 21.2. The number of aromatic nitrogens is 4. The highest BCUT2D eigenvalue weighted by atomic mass is 32.2. The summed E-state index contributed by atoms with van der Waals surface area (Å²) in [6.07, 6.45) is 2.97. The van der Waals surface area contributed by atoms with Crippen molar-refractivity contribution in [3.63, 3.8) is 0 Å². The van der Waals surface area contributed by atoms with Gasteiger partial charge in [0.2, 0.25) is 6.33 Å². The summed E-state index contributed by atoms with van der Waals surface area (Å²) in [4.78, 5) is 26.0. The SMILES string of the molecule is Cn1c[n+](CC(=O)Nc2ccc(S(=O)(=O)Nc3scnc3C(=O)[O-])cc2F)cn1. The Labute approximate surface area is 167 Å². The van der Waals surface area contributed by atoms with Gasteiger partial charge in [0.15, 0.2) is 0 Å². The van der Waals surface area contributed by atoms with Crippen LogP contribution in [0.2, 0.25) is 0 Å². The minimum absolute atomic E-state index is 0.119. The largest absolute Gasteiger partial charge is 0.543 e. The molecule has 0 atom stereocenters. The first-order valence-corrected chi connectivity index (χ1v) is 10.2. The fourth-order valence-corrected chi connectivity index (χ4v) is 4.27. The number of sulfonamides is 1. The molecular formula is C15H13FN6O5S2. The maximum absolute atomic E-state index is 14.3. The average molecular weight is 440 g/mol. The van der Waals surface area contributed by atoms with Crippen molar-refractivity contribution >= 4 is 43.9 Å². The third-order valence-electron chi connectivity index (χ3n) is 3.54. The van der Waals surface area contributed by atoms with Gasteiger partial charge < -0.3 is 15.2 Å². The van der Waals surface area contributed by atoms with E-state index < -0.39 is 38.3 Å². The zero-order valence-corrected chi connectivity index (χ0v) is 16.3. The number of carboxylic acid groups (broad SMARTS) is 1. The Morgan fingerprint density at radius 3 is 2.76 bits per heavy atom. The monoisotopic (exact) mass is 440 g/mol. The predicted octanol–water partition coefficient (Wildman–Crippen LogP) is -0.894.